The highest BCUT2D eigenvalue weighted by Crippen LogP contribution is 2.30. The van der Waals surface area contributed by atoms with Crippen LogP contribution in [0.15, 0.2) is 0 Å². The smallest absolute Gasteiger partial charge is 0.292 e. The molecule has 0 atom stereocenters. The van der Waals surface area contributed by atoms with E-state index in [9.17, 15) is 4.79 Å². The van der Waals surface area contributed by atoms with Crippen LogP contribution >= 0.6 is 0 Å². The molecule has 1 radical (unpaired) electrons. The molecule has 0 heterocycles. The van der Waals surface area contributed by atoms with Crippen LogP contribution in [0, 0.1) is 6.92 Å². The Balaban J connectivity index is 4.73. The molecule has 2 nitrogen and oxygen atoms in total. The van der Waals surface area contributed by atoms with E-state index in [1.165, 1.54) is 75.9 Å². The topological polar surface area (TPSA) is 26.3 Å². The fraction of sp³-hybridized carbons (Fsp3) is 0.889. The standard InChI is InChI=1S/C18H37O2Si/c1-5-9-12-15-21(16-13-10-6-2,17-14-11-7-3)20-18(19)8-4/h4-17H2,1-3H3. The Morgan fingerprint density at radius 3 is 1.48 bits per heavy atom. The molecule has 0 aliphatic rings. The lowest BCUT2D eigenvalue weighted by Gasteiger charge is -2.31. The van der Waals surface area contributed by atoms with Gasteiger partial charge in [-0.25, -0.2) is 0 Å². The fourth-order valence-corrected chi connectivity index (χ4v) is 7.24. The van der Waals surface area contributed by atoms with E-state index >= 15 is 0 Å². The van der Waals surface area contributed by atoms with Crippen LogP contribution < -0.4 is 0 Å². The molecule has 21 heavy (non-hydrogen) atoms. The average Bonchev–Trinajstić information content (AvgIpc) is 2.48. The van der Waals surface area contributed by atoms with Crippen molar-refractivity contribution in [2.75, 3.05) is 0 Å². The maximum Gasteiger partial charge on any atom is 0.292 e. The van der Waals surface area contributed by atoms with E-state index < -0.39 is 8.32 Å². The summed E-state index contributed by atoms with van der Waals surface area (Å²) in [5.74, 6) is -0.0637. The summed E-state index contributed by atoms with van der Waals surface area (Å²) in [6, 6.07) is 3.50. The number of carbonyl (C=O) groups excluding carboxylic acids is 1. The van der Waals surface area contributed by atoms with Crippen LogP contribution in [0.3, 0.4) is 0 Å². The molecule has 0 spiro atoms. The molecule has 0 bridgehead atoms. The Morgan fingerprint density at radius 1 is 0.810 bits per heavy atom. The maximum atomic E-state index is 11.9. The first-order valence-electron chi connectivity index (χ1n) is 9.15. The minimum absolute atomic E-state index is 0.0637. The summed E-state index contributed by atoms with van der Waals surface area (Å²) in [6.07, 6.45) is 11.5. The lowest BCUT2D eigenvalue weighted by atomic mass is 10.3. The van der Waals surface area contributed by atoms with Gasteiger partial charge < -0.3 is 4.43 Å². The predicted octanol–water partition coefficient (Wildman–Crippen LogP) is 6.27. The molecule has 125 valence electrons. The molecular formula is C18H37O2Si. The van der Waals surface area contributed by atoms with Crippen LogP contribution in [0.1, 0.15) is 85.0 Å². The van der Waals surface area contributed by atoms with Crippen molar-refractivity contribution in [3.05, 3.63) is 6.92 Å². The number of carbonyl (C=O) groups is 1. The van der Waals surface area contributed by atoms with Crippen LogP contribution in [0.4, 0.5) is 0 Å². The molecule has 0 amide bonds. The normalized spacial score (nSPS) is 11.6. The Hall–Kier alpha value is -0.313. The zero-order valence-electron chi connectivity index (χ0n) is 14.7. The number of unbranched alkanes of at least 4 members (excludes halogenated alkanes) is 6. The second-order valence-corrected chi connectivity index (χ2v) is 10.3. The van der Waals surface area contributed by atoms with E-state index in [1.807, 2.05) is 0 Å². The van der Waals surface area contributed by atoms with Crippen LogP contribution in [0.25, 0.3) is 0 Å². The average molecular weight is 314 g/mol. The van der Waals surface area contributed by atoms with Gasteiger partial charge in [0.05, 0.1) is 0 Å². The second-order valence-electron chi connectivity index (χ2n) is 6.28. The molecule has 0 aromatic heterocycles. The van der Waals surface area contributed by atoms with Gasteiger partial charge >= 0.3 is 0 Å². The molecule has 0 fully saturated rings. The van der Waals surface area contributed by atoms with E-state index in [0.717, 1.165) is 0 Å². The first kappa shape index (κ1) is 20.7. The minimum atomic E-state index is -1.88. The minimum Gasteiger partial charge on any atom is -0.519 e. The largest absolute Gasteiger partial charge is 0.519 e. The van der Waals surface area contributed by atoms with Gasteiger partial charge in [-0.15, -0.1) is 0 Å². The number of rotatable bonds is 14. The van der Waals surface area contributed by atoms with Crippen molar-refractivity contribution < 1.29 is 9.22 Å². The zero-order chi connectivity index (χ0) is 16.0. The van der Waals surface area contributed by atoms with Crippen molar-refractivity contribution in [3.63, 3.8) is 0 Å². The molecule has 0 saturated carbocycles. The summed E-state index contributed by atoms with van der Waals surface area (Å²) in [5, 5.41) is 0. The number of hydrogen-bond acceptors (Lipinski definition) is 2. The van der Waals surface area contributed by atoms with Crippen molar-refractivity contribution >= 4 is 14.3 Å². The lowest BCUT2D eigenvalue weighted by Crippen LogP contribution is -2.40. The molecule has 0 aliphatic heterocycles. The first-order valence-corrected chi connectivity index (χ1v) is 11.7. The monoisotopic (exact) mass is 313 g/mol. The van der Waals surface area contributed by atoms with Crippen molar-refractivity contribution in [1.29, 1.82) is 0 Å². The molecular weight excluding hydrogens is 276 g/mol. The van der Waals surface area contributed by atoms with E-state index in [4.69, 9.17) is 4.43 Å². The summed E-state index contributed by atoms with van der Waals surface area (Å²) in [5.41, 5.74) is 0. The molecule has 0 aromatic carbocycles. The third-order valence-corrected chi connectivity index (χ3v) is 8.70. The lowest BCUT2D eigenvalue weighted by molar-refractivity contribution is -0.134. The van der Waals surface area contributed by atoms with Gasteiger partial charge in [-0.2, -0.15) is 0 Å². The highest BCUT2D eigenvalue weighted by molar-refractivity contribution is 6.75. The van der Waals surface area contributed by atoms with Gasteiger partial charge in [0, 0.05) is 6.42 Å². The predicted molar refractivity (Wildman–Crippen MR) is 94.8 cm³/mol. The van der Waals surface area contributed by atoms with Crippen molar-refractivity contribution in [2.45, 2.75) is 103 Å². The summed E-state index contributed by atoms with van der Waals surface area (Å²) in [7, 11) is -1.88. The molecule has 0 N–H and O–H groups in total. The highest BCUT2D eigenvalue weighted by atomic mass is 28.4. The highest BCUT2D eigenvalue weighted by Gasteiger charge is 2.36. The molecule has 3 heteroatoms. The molecule has 0 saturated heterocycles. The third-order valence-electron chi connectivity index (χ3n) is 4.24. The van der Waals surface area contributed by atoms with Crippen molar-refractivity contribution in [2.24, 2.45) is 0 Å². The Kier molecular flexibility index (Phi) is 13.2. The van der Waals surface area contributed by atoms with Crippen molar-refractivity contribution in [3.8, 4) is 0 Å². The Bertz CT molecular complexity index is 227. The van der Waals surface area contributed by atoms with E-state index in [1.54, 1.807) is 0 Å². The Morgan fingerprint density at radius 2 is 1.19 bits per heavy atom. The van der Waals surface area contributed by atoms with Gasteiger partial charge in [0.1, 0.15) is 0 Å². The van der Waals surface area contributed by atoms with Crippen molar-refractivity contribution in [1.82, 2.24) is 0 Å². The van der Waals surface area contributed by atoms with Crippen LogP contribution in [0.2, 0.25) is 18.1 Å². The quantitative estimate of drug-likeness (QED) is 0.279. The van der Waals surface area contributed by atoms with Gasteiger partial charge in [-0.1, -0.05) is 78.6 Å². The first-order chi connectivity index (χ1) is 10.1. The van der Waals surface area contributed by atoms with Gasteiger partial charge in [0.15, 0.2) is 0 Å². The fourth-order valence-electron chi connectivity index (χ4n) is 2.91. The summed E-state index contributed by atoms with van der Waals surface area (Å²) >= 11 is 0. The van der Waals surface area contributed by atoms with Gasteiger partial charge in [-0.05, 0) is 25.1 Å². The zero-order valence-corrected chi connectivity index (χ0v) is 15.7. The van der Waals surface area contributed by atoms with Gasteiger partial charge in [-0.3, -0.25) is 4.79 Å². The Labute approximate surface area is 134 Å². The molecule has 0 aliphatic carbocycles. The van der Waals surface area contributed by atoms with Crippen LogP contribution in [-0.2, 0) is 9.22 Å². The molecule has 0 rings (SSSR count). The van der Waals surface area contributed by atoms with Gasteiger partial charge in [0.25, 0.3) is 14.3 Å². The summed E-state index contributed by atoms with van der Waals surface area (Å²) in [4.78, 5) is 11.9. The SMILES string of the molecule is [CH2]CC(=O)O[Si](CCCCC)(CCCCC)CCCCC. The van der Waals surface area contributed by atoms with E-state index in [0.29, 0.717) is 0 Å². The maximum absolute atomic E-state index is 11.9. The summed E-state index contributed by atoms with van der Waals surface area (Å²) < 4.78 is 6.06. The molecule has 0 aromatic rings. The van der Waals surface area contributed by atoms with Crippen LogP contribution in [0.5, 0.6) is 0 Å². The molecule has 0 unspecified atom stereocenters. The van der Waals surface area contributed by atoms with Gasteiger partial charge in [0.2, 0.25) is 0 Å². The van der Waals surface area contributed by atoms with E-state index in [-0.39, 0.29) is 12.4 Å². The van der Waals surface area contributed by atoms with E-state index in [2.05, 4.69) is 27.7 Å². The third kappa shape index (κ3) is 10.1. The second kappa shape index (κ2) is 13.4. The number of hydrogen-bond donors (Lipinski definition) is 0. The van der Waals surface area contributed by atoms with Crippen LogP contribution in [-0.4, -0.2) is 14.3 Å². The summed E-state index contributed by atoms with van der Waals surface area (Å²) in [6.45, 7) is 10.4.